The van der Waals surface area contributed by atoms with Gasteiger partial charge in [-0.1, -0.05) is 56.3 Å². The van der Waals surface area contributed by atoms with Gasteiger partial charge in [0.15, 0.2) is 0 Å². The van der Waals surface area contributed by atoms with Crippen molar-refractivity contribution in [1.82, 2.24) is 4.98 Å². The Balaban J connectivity index is 2.56. The van der Waals surface area contributed by atoms with Crippen LogP contribution in [0.4, 0.5) is 11.6 Å². The van der Waals surface area contributed by atoms with Crippen molar-refractivity contribution in [2.45, 2.75) is 46.0 Å². The molecule has 0 aliphatic heterocycles. The quantitative estimate of drug-likeness (QED) is 0.615. The number of halogens is 2. The lowest BCUT2D eigenvalue weighted by molar-refractivity contribution is 0.684. The van der Waals surface area contributed by atoms with Crippen LogP contribution in [0.3, 0.4) is 0 Å². The highest BCUT2D eigenvalue weighted by atomic mass is 35.5. The third-order valence-corrected chi connectivity index (χ3v) is 3.37. The third-order valence-electron chi connectivity index (χ3n) is 2.79. The number of nitrogens with zero attached hydrogens (tertiary/aromatic N) is 1. The lowest BCUT2D eigenvalue weighted by Gasteiger charge is -2.12. The van der Waals surface area contributed by atoms with Gasteiger partial charge >= 0.3 is 0 Å². The predicted molar refractivity (Wildman–Crippen MR) is 85.7 cm³/mol. The summed E-state index contributed by atoms with van der Waals surface area (Å²) in [5.41, 5.74) is 0. The summed E-state index contributed by atoms with van der Waals surface area (Å²) < 4.78 is 0. The molecular weight excluding hydrogens is 281 g/mol. The molecule has 0 amide bonds. The maximum absolute atomic E-state index is 6.14. The van der Waals surface area contributed by atoms with Crippen molar-refractivity contribution in [3.63, 3.8) is 0 Å². The normalized spacial score (nSPS) is 10.5. The average molecular weight is 304 g/mol. The first kappa shape index (κ1) is 16.4. The fraction of sp³-hybridized carbons (Fsp3) is 0.643. The van der Waals surface area contributed by atoms with E-state index in [0.717, 1.165) is 25.9 Å². The van der Waals surface area contributed by atoms with E-state index in [1.54, 1.807) is 6.07 Å². The highest BCUT2D eigenvalue weighted by Gasteiger charge is 2.08. The van der Waals surface area contributed by atoms with E-state index in [-0.39, 0.29) is 0 Å². The third kappa shape index (κ3) is 5.87. The standard InChI is InChI=1S/C14H23Cl2N3/c1-3-5-6-7-9-18-14-12(16)10-11(15)13(19-14)17-8-4-2/h10H,3-9H2,1-2H3,(H2,17,18,19). The van der Waals surface area contributed by atoms with Gasteiger partial charge in [-0.2, -0.15) is 0 Å². The Morgan fingerprint density at radius 3 is 2.11 bits per heavy atom. The van der Waals surface area contributed by atoms with E-state index in [2.05, 4.69) is 29.5 Å². The molecule has 0 aliphatic rings. The molecule has 0 aliphatic carbocycles. The Labute approximate surface area is 126 Å². The van der Waals surface area contributed by atoms with Crippen LogP contribution in [0.1, 0.15) is 46.0 Å². The first-order valence-electron chi connectivity index (χ1n) is 7.02. The molecule has 3 nitrogen and oxygen atoms in total. The largest absolute Gasteiger partial charge is 0.369 e. The molecule has 1 heterocycles. The number of pyridine rings is 1. The van der Waals surface area contributed by atoms with Crippen molar-refractivity contribution in [2.24, 2.45) is 0 Å². The Hall–Kier alpha value is -0.670. The second-order valence-electron chi connectivity index (χ2n) is 4.56. The zero-order chi connectivity index (χ0) is 14.1. The van der Waals surface area contributed by atoms with Gasteiger partial charge in [-0.3, -0.25) is 0 Å². The van der Waals surface area contributed by atoms with Crippen LogP contribution in [0.25, 0.3) is 0 Å². The SMILES string of the molecule is CCCCCCNc1nc(NCCC)c(Cl)cc1Cl. The molecule has 0 aromatic carbocycles. The summed E-state index contributed by atoms with van der Waals surface area (Å²) in [5.74, 6) is 1.41. The van der Waals surface area contributed by atoms with Crippen LogP contribution in [0.5, 0.6) is 0 Å². The molecule has 108 valence electrons. The van der Waals surface area contributed by atoms with Crippen molar-refractivity contribution in [2.75, 3.05) is 23.7 Å². The molecule has 0 saturated heterocycles. The summed E-state index contributed by atoms with van der Waals surface area (Å²) >= 11 is 12.2. The molecule has 0 bridgehead atoms. The molecule has 1 rings (SSSR count). The van der Waals surface area contributed by atoms with Crippen LogP contribution in [0.15, 0.2) is 6.07 Å². The van der Waals surface area contributed by atoms with Gasteiger partial charge in [-0.15, -0.1) is 0 Å². The molecule has 1 aromatic rings. The summed E-state index contributed by atoms with van der Waals surface area (Å²) in [5, 5.41) is 7.61. The van der Waals surface area contributed by atoms with E-state index < -0.39 is 0 Å². The van der Waals surface area contributed by atoms with Gasteiger partial charge in [0.1, 0.15) is 11.6 Å². The molecule has 1 aromatic heterocycles. The maximum Gasteiger partial charge on any atom is 0.147 e. The number of hydrogen-bond acceptors (Lipinski definition) is 3. The summed E-state index contributed by atoms with van der Waals surface area (Å²) in [6.45, 7) is 6.05. The second kappa shape index (κ2) is 9.27. The van der Waals surface area contributed by atoms with E-state index in [1.807, 2.05) is 0 Å². The van der Waals surface area contributed by atoms with Crippen molar-refractivity contribution in [3.05, 3.63) is 16.1 Å². The fourth-order valence-electron chi connectivity index (χ4n) is 1.72. The second-order valence-corrected chi connectivity index (χ2v) is 5.38. The predicted octanol–water partition coefficient (Wildman–Crippen LogP) is 5.20. The first-order valence-corrected chi connectivity index (χ1v) is 7.78. The van der Waals surface area contributed by atoms with Crippen LogP contribution in [-0.4, -0.2) is 18.1 Å². The van der Waals surface area contributed by atoms with Gasteiger partial charge in [0.05, 0.1) is 10.0 Å². The lowest BCUT2D eigenvalue weighted by atomic mass is 10.2. The van der Waals surface area contributed by atoms with Gasteiger partial charge in [0, 0.05) is 13.1 Å². The van der Waals surface area contributed by atoms with Crippen molar-refractivity contribution >= 4 is 34.8 Å². The number of rotatable bonds is 9. The lowest BCUT2D eigenvalue weighted by Crippen LogP contribution is -2.08. The number of anilines is 2. The van der Waals surface area contributed by atoms with Crippen LogP contribution in [-0.2, 0) is 0 Å². The minimum absolute atomic E-state index is 0.565. The van der Waals surface area contributed by atoms with E-state index >= 15 is 0 Å². The highest BCUT2D eigenvalue weighted by molar-refractivity contribution is 6.37. The molecule has 0 spiro atoms. The van der Waals surface area contributed by atoms with Crippen molar-refractivity contribution in [1.29, 1.82) is 0 Å². The first-order chi connectivity index (χ1) is 9.19. The number of unbranched alkanes of at least 4 members (excludes halogenated alkanes) is 3. The Bertz CT molecular complexity index is 383. The van der Waals surface area contributed by atoms with Crippen molar-refractivity contribution < 1.29 is 0 Å². The van der Waals surface area contributed by atoms with E-state index in [9.17, 15) is 0 Å². The smallest absolute Gasteiger partial charge is 0.147 e. The number of nitrogens with one attached hydrogen (secondary N) is 2. The van der Waals surface area contributed by atoms with Crippen molar-refractivity contribution in [3.8, 4) is 0 Å². The zero-order valence-electron chi connectivity index (χ0n) is 11.7. The Morgan fingerprint density at radius 1 is 0.895 bits per heavy atom. The summed E-state index contributed by atoms with van der Waals surface area (Å²) in [4.78, 5) is 4.44. The summed E-state index contributed by atoms with van der Waals surface area (Å²) in [6, 6.07) is 1.74. The van der Waals surface area contributed by atoms with Crippen LogP contribution in [0, 0.1) is 0 Å². The van der Waals surface area contributed by atoms with Gasteiger partial charge < -0.3 is 10.6 Å². The summed E-state index contributed by atoms with van der Waals surface area (Å²) in [7, 11) is 0. The molecule has 2 N–H and O–H groups in total. The van der Waals surface area contributed by atoms with Gasteiger partial charge in [0.2, 0.25) is 0 Å². The molecular formula is C14H23Cl2N3. The van der Waals surface area contributed by atoms with Gasteiger partial charge in [-0.05, 0) is 18.9 Å². The van der Waals surface area contributed by atoms with Crippen LogP contribution >= 0.6 is 23.2 Å². The average Bonchev–Trinajstić information content (AvgIpc) is 2.39. The van der Waals surface area contributed by atoms with E-state index in [0.29, 0.717) is 21.7 Å². The molecule has 5 heteroatoms. The monoisotopic (exact) mass is 303 g/mol. The van der Waals surface area contributed by atoms with Crippen LogP contribution in [0.2, 0.25) is 10.0 Å². The maximum atomic E-state index is 6.14. The zero-order valence-corrected chi connectivity index (χ0v) is 13.2. The number of hydrogen-bond donors (Lipinski definition) is 2. The molecule has 0 saturated carbocycles. The Kier molecular flexibility index (Phi) is 7.99. The molecule has 0 fully saturated rings. The summed E-state index contributed by atoms with van der Waals surface area (Å²) in [6.07, 6.45) is 5.90. The van der Waals surface area contributed by atoms with Gasteiger partial charge in [0.25, 0.3) is 0 Å². The number of aromatic nitrogens is 1. The minimum atomic E-state index is 0.565. The molecule has 19 heavy (non-hydrogen) atoms. The topological polar surface area (TPSA) is 37.0 Å². The van der Waals surface area contributed by atoms with Crippen LogP contribution < -0.4 is 10.6 Å². The molecule has 0 unspecified atom stereocenters. The molecule has 0 atom stereocenters. The highest BCUT2D eigenvalue weighted by Crippen LogP contribution is 2.29. The minimum Gasteiger partial charge on any atom is -0.369 e. The Morgan fingerprint density at radius 2 is 1.53 bits per heavy atom. The van der Waals surface area contributed by atoms with E-state index in [4.69, 9.17) is 23.2 Å². The fourth-order valence-corrected chi connectivity index (χ4v) is 2.21. The van der Waals surface area contributed by atoms with Gasteiger partial charge in [-0.25, -0.2) is 4.98 Å². The van der Waals surface area contributed by atoms with E-state index in [1.165, 1.54) is 19.3 Å². The molecule has 0 radical (unpaired) electrons.